The number of halogens is 3. The predicted molar refractivity (Wildman–Crippen MR) is 77.5 cm³/mol. The number of nitrogens with one attached hydrogen (secondary N) is 2. The first-order chi connectivity index (χ1) is 10.2. The van der Waals surface area contributed by atoms with Gasteiger partial charge in [-0.2, -0.15) is 13.2 Å². The van der Waals surface area contributed by atoms with Crippen molar-refractivity contribution in [1.82, 2.24) is 10.6 Å². The number of carbonyl (C=O) groups excluding carboxylic acids is 1. The van der Waals surface area contributed by atoms with Crippen LogP contribution in [0.2, 0.25) is 0 Å². The van der Waals surface area contributed by atoms with Gasteiger partial charge in [-0.3, -0.25) is 0 Å². The molecule has 3 N–H and O–H groups in total. The number of aliphatic hydroxyl groups is 1. The van der Waals surface area contributed by atoms with E-state index >= 15 is 0 Å². The van der Waals surface area contributed by atoms with Gasteiger partial charge in [0.15, 0.2) is 0 Å². The van der Waals surface area contributed by atoms with E-state index in [4.69, 9.17) is 5.11 Å². The average molecular weight is 318 g/mol. The molecule has 0 aromatic heterocycles. The highest BCUT2D eigenvalue weighted by Crippen LogP contribution is 2.35. The molecule has 1 rings (SSSR count). The van der Waals surface area contributed by atoms with Gasteiger partial charge in [-0.15, -0.1) is 0 Å². The zero-order valence-electron chi connectivity index (χ0n) is 12.7. The van der Waals surface area contributed by atoms with E-state index < -0.39 is 35.8 Å². The van der Waals surface area contributed by atoms with E-state index in [9.17, 15) is 18.0 Å². The number of benzene rings is 1. The molecular formula is C15H21F3N2O2. The van der Waals surface area contributed by atoms with Crippen molar-refractivity contribution in [3.05, 3.63) is 35.4 Å². The van der Waals surface area contributed by atoms with Gasteiger partial charge in [-0.05, 0) is 25.5 Å². The maximum absolute atomic E-state index is 13.0. The van der Waals surface area contributed by atoms with Crippen LogP contribution >= 0.6 is 0 Å². The molecule has 4 nitrogen and oxygen atoms in total. The Hall–Kier alpha value is -1.76. The molecule has 0 fully saturated rings. The third-order valence-corrected chi connectivity index (χ3v) is 3.52. The van der Waals surface area contributed by atoms with Gasteiger partial charge in [0, 0.05) is 12.0 Å². The van der Waals surface area contributed by atoms with Gasteiger partial charge < -0.3 is 15.7 Å². The quantitative estimate of drug-likeness (QED) is 0.782. The van der Waals surface area contributed by atoms with E-state index in [-0.39, 0.29) is 12.2 Å². The van der Waals surface area contributed by atoms with Crippen molar-refractivity contribution in [3.8, 4) is 0 Å². The predicted octanol–water partition coefficient (Wildman–Crippen LogP) is 2.88. The molecule has 22 heavy (non-hydrogen) atoms. The van der Waals surface area contributed by atoms with Crippen LogP contribution in [0.1, 0.15) is 37.8 Å². The van der Waals surface area contributed by atoms with Gasteiger partial charge in [0.05, 0.1) is 18.2 Å². The first-order valence-corrected chi connectivity index (χ1v) is 7.00. The molecule has 2 unspecified atom stereocenters. The standard InChI is InChI=1S/C15H21F3N2O2/c1-9(8-21)19-14(22)20-11(3)10(2)12-6-4-5-7-13(12)15(16,17)18/h4-7,9-11,21H,8H2,1-3H3,(H2,19,20,22)/t9-,10?,11?/m0/s1. The van der Waals surface area contributed by atoms with E-state index in [1.807, 2.05) is 0 Å². The van der Waals surface area contributed by atoms with Gasteiger partial charge >= 0.3 is 12.2 Å². The normalized spacial score (nSPS) is 15.8. The lowest BCUT2D eigenvalue weighted by molar-refractivity contribution is -0.138. The smallest absolute Gasteiger partial charge is 0.394 e. The van der Waals surface area contributed by atoms with Crippen LogP contribution in [0.25, 0.3) is 0 Å². The maximum Gasteiger partial charge on any atom is 0.416 e. The molecule has 0 aliphatic carbocycles. The molecule has 0 aliphatic rings. The molecule has 0 aliphatic heterocycles. The Kier molecular flexibility index (Phi) is 6.22. The summed E-state index contributed by atoms with van der Waals surface area (Å²) in [6.45, 7) is 4.67. The first-order valence-electron chi connectivity index (χ1n) is 7.00. The molecule has 124 valence electrons. The number of alkyl halides is 3. The molecule has 0 radical (unpaired) electrons. The van der Waals surface area contributed by atoms with Crippen LogP contribution in [0.4, 0.5) is 18.0 Å². The molecule has 7 heteroatoms. The van der Waals surface area contributed by atoms with Crippen LogP contribution in [0, 0.1) is 0 Å². The molecule has 2 amide bonds. The molecule has 3 atom stereocenters. The summed E-state index contributed by atoms with van der Waals surface area (Å²) in [7, 11) is 0. The lowest BCUT2D eigenvalue weighted by Crippen LogP contribution is -2.47. The fraction of sp³-hybridized carbons (Fsp3) is 0.533. The number of carbonyl (C=O) groups is 1. The largest absolute Gasteiger partial charge is 0.416 e. The van der Waals surface area contributed by atoms with Gasteiger partial charge in [-0.25, -0.2) is 4.79 Å². The minimum Gasteiger partial charge on any atom is -0.394 e. The van der Waals surface area contributed by atoms with Crippen LogP contribution in [-0.2, 0) is 6.18 Å². The Morgan fingerprint density at radius 1 is 1.18 bits per heavy atom. The minimum absolute atomic E-state index is 0.137. The number of hydrogen-bond donors (Lipinski definition) is 3. The number of amides is 2. The lowest BCUT2D eigenvalue weighted by Gasteiger charge is -2.25. The third-order valence-electron chi connectivity index (χ3n) is 3.52. The average Bonchev–Trinajstić information content (AvgIpc) is 2.45. The van der Waals surface area contributed by atoms with Crippen LogP contribution in [0.15, 0.2) is 24.3 Å². The summed E-state index contributed by atoms with van der Waals surface area (Å²) in [4.78, 5) is 11.7. The van der Waals surface area contributed by atoms with Crippen LogP contribution in [-0.4, -0.2) is 29.8 Å². The van der Waals surface area contributed by atoms with E-state index in [1.54, 1.807) is 26.8 Å². The molecule has 0 heterocycles. The summed E-state index contributed by atoms with van der Waals surface area (Å²) in [5.74, 6) is -0.520. The molecule has 1 aromatic rings. The van der Waals surface area contributed by atoms with E-state index in [0.717, 1.165) is 6.07 Å². The van der Waals surface area contributed by atoms with Crippen molar-refractivity contribution in [2.24, 2.45) is 0 Å². The van der Waals surface area contributed by atoms with E-state index in [1.165, 1.54) is 12.1 Å². The van der Waals surface area contributed by atoms with Crippen LogP contribution in [0.3, 0.4) is 0 Å². The SMILES string of the molecule is CC(NC(=O)N[C@@H](C)CO)C(C)c1ccccc1C(F)(F)F. The van der Waals surface area contributed by atoms with Gasteiger partial charge in [-0.1, -0.05) is 25.1 Å². The summed E-state index contributed by atoms with van der Waals surface area (Å²) < 4.78 is 39.1. The zero-order chi connectivity index (χ0) is 16.9. The van der Waals surface area contributed by atoms with Crippen LogP contribution in [0.5, 0.6) is 0 Å². The number of urea groups is 1. The fourth-order valence-corrected chi connectivity index (χ4v) is 2.06. The first kappa shape index (κ1) is 18.3. The maximum atomic E-state index is 13.0. The number of hydrogen-bond acceptors (Lipinski definition) is 2. The highest BCUT2D eigenvalue weighted by molar-refractivity contribution is 5.74. The summed E-state index contributed by atoms with van der Waals surface area (Å²) >= 11 is 0. The lowest BCUT2D eigenvalue weighted by atomic mass is 9.90. The molecule has 0 spiro atoms. The highest BCUT2D eigenvalue weighted by atomic mass is 19.4. The second kappa shape index (κ2) is 7.49. The second-order valence-electron chi connectivity index (χ2n) is 5.36. The van der Waals surface area contributed by atoms with Crippen LogP contribution < -0.4 is 10.6 Å². The van der Waals surface area contributed by atoms with E-state index in [0.29, 0.717) is 0 Å². The molecule has 0 bridgehead atoms. The van der Waals surface area contributed by atoms with Crippen molar-refractivity contribution in [2.45, 2.75) is 44.9 Å². The number of rotatable bonds is 5. The van der Waals surface area contributed by atoms with Crippen molar-refractivity contribution < 1.29 is 23.1 Å². The molecular weight excluding hydrogens is 297 g/mol. The van der Waals surface area contributed by atoms with Gasteiger partial charge in [0.25, 0.3) is 0 Å². The fourth-order valence-electron chi connectivity index (χ4n) is 2.06. The third kappa shape index (κ3) is 4.91. The van der Waals surface area contributed by atoms with Crippen molar-refractivity contribution in [3.63, 3.8) is 0 Å². The van der Waals surface area contributed by atoms with Gasteiger partial charge in [0.2, 0.25) is 0 Å². The summed E-state index contributed by atoms with van der Waals surface area (Å²) in [6.07, 6.45) is -4.43. The Bertz CT molecular complexity index is 506. The number of aliphatic hydroxyl groups excluding tert-OH is 1. The Morgan fingerprint density at radius 3 is 2.32 bits per heavy atom. The summed E-state index contributed by atoms with van der Waals surface area (Å²) in [5, 5.41) is 13.9. The summed E-state index contributed by atoms with van der Waals surface area (Å²) in [5.41, 5.74) is -0.557. The van der Waals surface area contributed by atoms with E-state index in [2.05, 4.69) is 10.6 Å². The molecule has 1 aromatic carbocycles. The highest BCUT2D eigenvalue weighted by Gasteiger charge is 2.35. The molecule has 0 saturated heterocycles. The van der Waals surface area contributed by atoms with Crippen molar-refractivity contribution >= 4 is 6.03 Å². The minimum atomic E-state index is -4.43. The Morgan fingerprint density at radius 2 is 1.77 bits per heavy atom. The van der Waals surface area contributed by atoms with Gasteiger partial charge in [0.1, 0.15) is 0 Å². The monoisotopic (exact) mass is 318 g/mol. The van der Waals surface area contributed by atoms with Crippen molar-refractivity contribution in [1.29, 1.82) is 0 Å². The Labute approximate surface area is 127 Å². The topological polar surface area (TPSA) is 61.4 Å². The molecule has 0 saturated carbocycles. The Balaban J connectivity index is 2.84. The van der Waals surface area contributed by atoms with Crippen molar-refractivity contribution in [2.75, 3.05) is 6.61 Å². The zero-order valence-corrected chi connectivity index (χ0v) is 12.7. The second-order valence-corrected chi connectivity index (χ2v) is 5.36. The summed E-state index contributed by atoms with van der Waals surface area (Å²) in [6, 6.07) is 3.88.